The van der Waals surface area contributed by atoms with Crippen LogP contribution in [0.3, 0.4) is 0 Å². The summed E-state index contributed by atoms with van der Waals surface area (Å²) in [7, 11) is 1.89. The molecule has 0 saturated heterocycles. The summed E-state index contributed by atoms with van der Waals surface area (Å²) in [6, 6.07) is 8.70. The van der Waals surface area contributed by atoms with E-state index < -0.39 is 0 Å². The maximum atomic E-state index is 5.89. The van der Waals surface area contributed by atoms with E-state index in [1.807, 2.05) is 24.1 Å². The van der Waals surface area contributed by atoms with Crippen LogP contribution in [0.25, 0.3) is 0 Å². The molecule has 0 fully saturated rings. The Morgan fingerprint density at radius 1 is 1.28 bits per heavy atom. The van der Waals surface area contributed by atoms with Crippen molar-refractivity contribution in [1.82, 2.24) is 10.2 Å². The maximum Gasteiger partial charge on any atom is 0.322 e. The number of rotatable bonds is 4. The Morgan fingerprint density at radius 3 is 2.44 bits per heavy atom. The molecule has 0 aliphatic rings. The van der Waals surface area contributed by atoms with Gasteiger partial charge in [0.05, 0.1) is 0 Å². The molecule has 1 unspecified atom stereocenters. The van der Waals surface area contributed by atoms with Crippen molar-refractivity contribution in [3.8, 4) is 0 Å². The molecule has 0 aliphatic heterocycles. The molecule has 1 atom stereocenters. The van der Waals surface area contributed by atoms with Gasteiger partial charge in [0, 0.05) is 12.7 Å². The Hall–Kier alpha value is -1.55. The van der Waals surface area contributed by atoms with Crippen molar-refractivity contribution in [2.75, 3.05) is 11.9 Å². The van der Waals surface area contributed by atoms with Gasteiger partial charge in [-0.25, -0.2) is 0 Å². The Morgan fingerprint density at radius 2 is 1.94 bits per heavy atom. The number of hydrogen-bond acceptors (Lipinski definition) is 4. The number of alkyl halides is 1. The Kier molecular flexibility index (Phi) is 3.87. The normalized spacial score (nSPS) is 12.4. The topological polar surface area (TPSA) is 42.2 Å². The third-order valence-electron chi connectivity index (χ3n) is 2.79. The first kappa shape index (κ1) is 12.9. The maximum absolute atomic E-state index is 5.89. The standard InChI is InChI=1S/C13H16ClN3O/c1-4-10-5-7-11(8-6-10)17(3)13-16-15-12(18-13)9(2)14/h5-9H,4H2,1-3H3. The first-order valence-electron chi connectivity index (χ1n) is 5.92. The summed E-state index contributed by atoms with van der Waals surface area (Å²) < 4.78 is 5.49. The number of anilines is 2. The molecular weight excluding hydrogens is 250 g/mol. The lowest BCUT2D eigenvalue weighted by Crippen LogP contribution is -2.09. The van der Waals surface area contributed by atoms with E-state index in [4.69, 9.17) is 16.0 Å². The summed E-state index contributed by atoms with van der Waals surface area (Å²) in [5.74, 6) is 0.434. The number of benzene rings is 1. The van der Waals surface area contributed by atoms with Crippen LogP contribution in [0.15, 0.2) is 28.7 Å². The van der Waals surface area contributed by atoms with Crippen molar-refractivity contribution < 1.29 is 4.42 Å². The van der Waals surface area contributed by atoms with E-state index >= 15 is 0 Å². The lowest BCUT2D eigenvalue weighted by Gasteiger charge is -2.14. The molecule has 2 aromatic rings. The van der Waals surface area contributed by atoms with Gasteiger partial charge in [-0.1, -0.05) is 24.2 Å². The Bertz CT molecular complexity index is 507. The van der Waals surface area contributed by atoms with Crippen LogP contribution in [0.2, 0.25) is 0 Å². The van der Waals surface area contributed by atoms with Gasteiger partial charge in [-0.05, 0) is 31.0 Å². The van der Waals surface area contributed by atoms with Gasteiger partial charge in [0.1, 0.15) is 5.38 Å². The summed E-state index contributed by atoms with van der Waals surface area (Å²) in [6.45, 7) is 3.93. The minimum atomic E-state index is -0.276. The molecule has 2 rings (SSSR count). The van der Waals surface area contributed by atoms with E-state index in [1.54, 1.807) is 6.92 Å². The van der Waals surface area contributed by atoms with Gasteiger partial charge in [0.15, 0.2) is 0 Å². The molecule has 0 aliphatic carbocycles. The summed E-state index contributed by atoms with van der Waals surface area (Å²) >= 11 is 5.89. The third-order valence-corrected chi connectivity index (χ3v) is 2.98. The van der Waals surface area contributed by atoms with Crippen LogP contribution >= 0.6 is 11.6 Å². The van der Waals surface area contributed by atoms with Crippen LogP contribution in [-0.4, -0.2) is 17.2 Å². The van der Waals surface area contributed by atoms with Gasteiger partial charge in [-0.2, -0.15) is 0 Å². The molecule has 1 aromatic heterocycles. The van der Waals surface area contributed by atoms with Crippen molar-refractivity contribution in [3.05, 3.63) is 35.7 Å². The molecule has 4 nitrogen and oxygen atoms in total. The fourth-order valence-corrected chi connectivity index (χ4v) is 1.68. The lowest BCUT2D eigenvalue weighted by atomic mass is 10.1. The van der Waals surface area contributed by atoms with E-state index in [2.05, 4.69) is 29.3 Å². The molecule has 18 heavy (non-hydrogen) atoms. The number of aryl methyl sites for hydroxylation is 1. The predicted octanol–water partition coefficient (Wildman–Crippen LogP) is 3.70. The molecule has 96 valence electrons. The van der Waals surface area contributed by atoms with E-state index in [9.17, 15) is 0 Å². The highest BCUT2D eigenvalue weighted by molar-refractivity contribution is 6.20. The predicted molar refractivity (Wildman–Crippen MR) is 72.4 cm³/mol. The molecule has 0 radical (unpaired) electrons. The van der Waals surface area contributed by atoms with Gasteiger partial charge < -0.3 is 4.42 Å². The second kappa shape index (κ2) is 5.40. The molecule has 5 heteroatoms. The van der Waals surface area contributed by atoms with Crippen LogP contribution in [0.1, 0.15) is 30.7 Å². The largest absolute Gasteiger partial charge is 0.406 e. The minimum Gasteiger partial charge on any atom is -0.406 e. The molecule has 0 N–H and O–H groups in total. The fourth-order valence-electron chi connectivity index (χ4n) is 1.59. The number of halogens is 1. The zero-order valence-corrected chi connectivity index (χ0v) is 11.5. The van der Waals surface area contributed by atoms with Crippen molar-refractivity contribution in [2.24, 2.45) is 0 Å². The SMILES string of the molecule is CCc1ccc(N(C)c2nnc(C(C)Cl)o2)cc1. The van der Waals surface area contributed by atoms with Crippen molar-refractivity contribution >= 4 is 23.3 Å². The van der Waals surface area contributed by atoms with E-state index in [-0.39, 0.29) is 5.38 Å². The van der Waals surface area contributed by atoms with Crippen LogP contribution in [0.5, 0.6) is 0 Å². The van der Waals surface area contributed by atoms with Crippen LogP contribution in [0, 0.1) is 0 Å². The zero-order valence-electron chi connectivity index (χ0n) is 10.7. The monoisotopic (exact) mass is 265 g/mol. The van der Waals surface area contributed by atoms with E-state index in [0.717, 1.165) is 12.1 Å². The molecule has 0 spiro atoms. The van der Waals surface area contributed by atoms with Crippen molar-refractivity contribution in [3.63, 3.8) is 0 Å². The first-order valence-corrected chi connectivity index (χ1v) is 6.35. The molecule has 0 saturated carbocycles. The van der Waals surface area contributed by atoms with Crippen molar-refractivity contribution in [2.45, 2.75) is 25.6 Å². The highest BCUT2D eigenvalue weighted by Gasteiger charge is 2.15. The first-order chi connectivity index (χ1) is 8.61. The Balaban J connectivity index is 2.20. The smallest absolute Gasteiger partial charge is 0.322 e. The number of nitrogens with zero attached hydrogens (tertiary/aromatic N) is 3. The van der Waals surface area contributed by atoms with Gasteiger partial charge in [-0.3, -0.25) is 4.90 Å². The summed E-state index contributed by atoms with van der Waals surface area (Å²) in [4.78, 5) is 1.84. The van der Waals surface area contributed by atoms with Gasteiger partial charge in [0.2, 0.25) is 5.89 Å². The highest BCUT2D eigenvalue weighted by Crippen LogP contribution is 2.26. The molecule has 0 amide bonds. The summed E-state index contributed by atoms with van der Waals surface area (Å²) in [5.41, 5.74) is 2.30. The van der Waals surface area contributed by atoms with Crippen molar-refractivity contribution in [1.29, 1.82) is 0 Å². The van der Waals surface area contributed by atoms with Gasteiger partial charge in [-0.15, -0.1) is 16.7 Å². The lowest BCUT2D eigenvalue weighted by molar-refractivity contribution is 0.499. The molecule has 1 aromatic carbocycles. The second-order valence-corrected chi connectivity index (χ2v) is 4.77. The van der Waals surface area contributed by atoms with Gasteiger partial charge >= 0.3 is 6.01 Å². The molecule has 0 bridgehead atoms. The average molecular weight is 266 g/mol. The highest BCUT2D eigenvalue weighted by atomic mass is 35.5. The van der Waals surface area contributed by atoms with Crippen LogP contribution < -0.4 is 4.90 Å². The zero-order chi connectivity index (χ0) is 13.1. The van der Waals surface area contributed by atoms with Gasteiger partial charge in [0.25, 0.3) is 0 Å². The summed E-state index contributed by atoms with van der Waals surface area (Å²) in [6.07, 6.45) is 1.03. The molecule has 1 heterocycles. The third kappa shape index (κ3) is 2.64. The quantitative estimate of drug-likeness (QED) is 0.791. The summed E-state index contributed by atoms with van der Waals surface area (Å²) in [5, 5.41) is 7.61. The number of hydrogen-bond donors (Lipinski definition) is 0. The average Bonchev–Trinajstić information content (AvgIpc) is 2.88. The Labute approximate surface area is 112 Å². The van der Waals surface area contributed by atoms with Crippen LogP contribution in [-0.2, 0) is 6.42 Å². The second-order valence-electron chi connectivity index (χ2n) is 4.12. The fraction of sp³-hybridized carbons (Fsp3) is 0.385. The minimum absolute atomic E-state index is 0.276. The van der Waals surface area contributed by atoms with E-state index in [0.29, 0.717) is 11.9 Å². The van der Waals surface area contributed by atoms with E-state index in [1.165, 1.54) is 5.56 Å². The number of aromatic nitrogens is 2. The van der Waals surface area contributed by atoms with Crippen LogP contribution in [0.4, 0.5) is 11.7 Å². The molecular formula is C13H16ClN3O.